The van der Waals surface area contributed by atoms with Crippen molar-refractivity contribution in [3.05, 3.63) is 54.6 Å². The molecular formula is C25H33N3O3. The molecule has 6 heteroatoms. The van der Waals surface area contributed by atoms with Gasteiger partial charge in [-0.2, -0.15) is 0 Å². The third-order valence-corrected chi connectivity index (χ3v) is 5.51. The molecule has 1 aliphatic rings. The van der Waals surface area contributed by atoms with Crippen molar-refractivity contribution in [2.75, 3.05) is 17.2 Å². The summed E-state index contributed by atoms with van der Waals surface area (Å²) in [7, 11) is 0. The van der Waals surface area contributed by atoms with Gasteiger partial charge in [-0.15, -0.1) is 0 Å². The summed E-state index contributed by atoms with van der Waals surface area (Å²) in [5.41, 5.74) is 1.77. The van der Waals surface area contributed by atoms with Gasteiger partial charge in [-0.05, 0) is 55.2 Å². The molecular weight excluding hydrogens is 390 g/mol. The lowest BCUT2D eigenvalue weighted by Gasteiger charge is -2.24. The summed E-state index contributed by atoms with van der Waals surface area (Å²) in [6.45, 7) is 3.67. The first-order valence-corrected chi connectivity index (χ1v) is 11.2. The molecule has 1 unspecified atom stereocenters. The fraction of sp³-hybridized carbons (Fsp3) is 0.440. The van der Waals surface area contributed by atoms with Crippen LogP contribution >= 0.6 is 0 Å². The summed E-state index contributed by atoms with van der Waals surface area (Å²) in [5.74, 6) is -0.0150. The molecule has 0 aliphatic heterocycles. The standard InChI is InChI=1S/C25H33N3O3/c1-18(2)24(28-23(29)17-31-22-11-7-4-8-12-22)25(30)27-21-15-13-20(14-16-21)26-19-9-5-3-6-10-19/h4,7-8,11-16,18-19,24,26H,3,5-6,9-10,17H2,1-2H3,(H,27,30)(H,28,29). The van der Waals surface area contributed by atoms with Crippen LogP contribution in [0.2, 0.25) is 0 Å². The summed E-state index contributed by atoms with van der Waals surface area (Å²) in [6, 6.07) is 16.8. The van der Waals surface area contributed by atoms with Crippen molar-refractivity contribution in [3.63, 3.8) is 0 Å². The average Bonchev–Trinajstić information content (AvgIpc) is 2.78. The second kappa shape index (κ2) is 11.4. The van der Waals surface area contributed by atoms with Crippen LogP contribution in [0.5, 0.6) is 5.75 Å². The van der Waals surface area contributed by atoms with E-state index in [0.29, 0.717) is 17.5 Å². The van der Waals surface area contributed by atoms with E-state index in [1.165, 1.54) is 32.1 Å². The lowest BCUT2D eigenvalue weighted by atomic mass is 9.95. The summed E-state index contributed by atoms with van der Waals surface area (Å²) < 4.78 is 5.47. The Bertz CT molecular complexity index is 831. The van der Waals surface area contributed by atoms with Gasteiger partial charge in [0.1, 0.15) is 11.8 Å². The maximum absolute atomic E-state index is 12.8. The van der Waals surface area contributed by atoms with Crippen LogP contribution in [0.1, 0.15) is 46.0 Å². The first-order chi connectivity index (χ1) is 15.0. The lowest BCUT2D eigenvalue weighted by molar-refractivity contribution is -0.128. The Labute approximate surface area is 184 Å². The maximum atomic E-state index is 12.8. The van der Waals surface area contributed by atoms with Gasteiger partial charge in [0, 0.05) is 17.4 Å². The summed E-state index contributed by atoms with van der Waals surface area (Å²) in [4.78, 5) is 25.1. The number of amides is 2. The van der Waals surface area contributed by atoms with Gasteiger partial charge in [0.05, 0.1) is 0 Å². The minimum atomic E-state index is -0.646. The number of para-hydroxylation sites is 1. The Balaban J connectivity index is 1.50. The van der Waals surface area contributed by atoms with Crippen LogP contribution in [-0.4, -0.2) is 30.5 Å². The number of benzene rings is 2. The van der Waals surface area contributed by atoms with Gasteiger partial charge in [0.25, 0.3) is 5.91 Å². The number of carbonyl (C=O) groups excluding carboxylic acids is 2. The number of anilines is 2. The van der Waals surface area contributed by atoms with E-state index in [9.17, 15) is 9.59 Å². The molecule has 6 nitrogen and oxygen atoms in total. The molecule has 2 aromatic carbocycles. The molecule has 166 valence electrons. The molecule has 0 bridgehead atoms. The first kappa shape index (κ1) is 22.7. The van der Waals surface area contributed by atoms with Crippen LogP contribution in [0.3, 0.4) is 0 Å². The minimum Gasteiger partial charge on any atom is -0.484 e. The molecule has 1 fully saturated rings. The first-order valence-electron chi connectivity index (χ1n) is 11.2. The molecule has 3 rings (SSSR count). The van der Waals surface area contributed by atoms with Crippen LogP contribution in [0.4, 0.5) is 11.4 Å². The Kier molecular flexibility index (Phi) is 8.33. The molecule has 0 radical (unpaired) electrons. The van der Waals surface area contributed by atoms with E-state index < -0.39 is 6.04 Å². The van der Waals surface area contributed by atoms with Crippen molar-refractivity contribution in [2.45, 2.75) is 58.0 Å². The largest absolute Gasteiger partial charge is 0.484 e. The Morgan fingerprint density at radius 2 is 1.58 bits per heavy atom. The highest BCUT2D eigenvalue weighted by atomic mass is 16.5. The average molecular weight is 424 g/mol. The van der Waals surface area contributed by atoms with E-state index in [-0.39, 0.29) is 24.3 Å². The summed E-state index contributed by atoms with van der Waals surface area (Å²) in [6.07, 6.45) is 6.31. The zero-order valence-electron chi connectivity index (χ0n) is 18.4. The number of hydrogen-bond acceptors (Lipinski definition) is 4. The van der Waals surface area contributed by atoms with E-state index in [4.69, 9.17) is 4.74 Å². The summed E-state index contributed by atoms with van der Waals surface area (Å²) >= 11 is 0. The van der Waals surface area contributed by atoms with E-state index in [0.717, 1.165) is 5.69 Å². The third kappa shape index (κ3) is 7.31. The van der Waals surface area contributed by atoms with Crippen LogP contribution in [0.25, 0.3) is 0 Å². The summed E-state index contributed by atoms with van der Waals surface area (Å²) in [5, 5.41) is 9.27. The Morgan fingerprint density at radius 1 is 0.935 bits per heavy atom. The minimum absolute atomic E-state index is 0.0621. The molecule has 1 aliphatic carbocycles. The lowest BCUT2D eigenvalue weighted by Crippen LogP contribution is -2.48. The second-order valence-electron chi connectivity index (χ2n) is 8.44. The second-order valence-corrected chi connectivity index (χ2v) is 8.44. The molecule has 2 aromatic rings. The number of ether oxygens (including phenoxy) is 1. The zero-order valence-corrected chi connectivity index (χ0v) is 18.4. The molecule has 1 atom stereocenters. The van der Waals surface area contributed by atoms with Gasteiger partial charge in [-0.25, -0.2) is 0 Å². The van der Waals surface area contributed by atoms with Gasteiger partial charge in [0.15, 0.2) is 6.61 Å². The number of carbonyl (C=O) groups is 2. The molecule has 0 saturated heterocycles. The topological polar surface area (TPSA) is 79.5 Å². The molecule has 1 saturated carbocycles. The smallest absolute Gasteiger partial charge is 0.258 e. The molecule has 0 spiro atoms. The van der Waals surface area contributed by atoms with Crippen LogP contribution < -0.4 is 20.7 Å². The van der Waals surface area contributed by atoms with Gasteiger partial charge in [-0.1, -0.05) is 51.3 Å². The third-order valence-electron chi connectivity index (χ3n) is 5.51. The fourth-order valence-electron chi connectivity index (χ4n) is 3.77. The van der Waals surface area contributed by atoms with Crippen LogP contribution in [0.15, 0.2) is 54.6 Å². The van der Waals surface area contributed by atoms with Gasteiger partial charge in [-0.3, -0.25) is 9.59 Å². The SMILES string of the molecule is CC(C)C(NC(=O)COc1ccccc1)C(=O)Nc1ccc(NC2CCCCC2)cc1. The molecule has 3 N–H and O–H groups in total. The number of nitrogens with one attached hydrogen (secondary N) is 3. The Morgan fingerprint density at radius 3 is 2.23 bits per heavy atom. The van der Waals surface area contributed by atoms with E-state index in [1.807, 2.05) is 56.3 Å². The van der Waals surface area contributed by atoms with E-state index >= 15 is 0 Å². The zero-order chi connectivity index (χ0) is 22.1. The monoisotopic (exact) mass is 423 g/mol. The van der Waals surface area contributed by atoms with Crippen molar-refractivity contribution >= 4 is 23.2 Å². The molecule has 0 heterocycles. The predicted molar refractivity (Wildman–Crippen MR) is 124 cm³/mol. The van der Waals surface area contributed by atoms with E-state index in [2.05, 4.69) is 16.0 Å². The quantitative estimate of drug-likeness (QED) is 0.551. The van der Waals surface area contributed by atoms with Crippen molar-refractivity contribution in [1.82, 2.24) is 5.32 Å². The molecule has 31 heavy (non-hydrogen) atoms. The highest BCUT2D eigenvalue weighted by Gasteiger charge is 2.24. The van der Waals surface area contributed by atoms with Gasteiger partial charge < -0.3 is 20.7 Å². The van der Waals surface area contributed by atoms with Gasteiger partial charge in [0.2, 0.25) is 5.91 Å². The highest BCUT2D eigenvalue weighted by molar-refractivity contribution is 5.97. The van der Waals surface area contributed by atoms with Crippen LogP contribution in [-0.2, 0) is 9.59 Å². The van der Waals surface area contributed by atoms with Crippen molar-refractivity contribution in [2.24, 2.45) is 5.92 Å². The highest BCUT2D eigenvalue weighted by Crippen LogP contribution is 2.22. The van der Waals surface area contributed by atoms with Crippen LogP contribution in [0, 0.1) is 5.92 Å². The normalized spacial score (nSPS) is 15.2. The predicted octanol–water partition coefficient (Wildman–Crippen LogP) is 4.59. The van der Waals surface area contributed by atoms with Crippen molar-refractivity contribution < 1.29 is 14.3 Å². The number of hydrogen-bond donors (Lipinski definition) is 3. The molecule has 0 aromatic heterocycles. The fourth-order valence-corrected chi connectivity index (χ4v) is 3.77. The number of rotatable bonds is 9. The van der Waals surface area contributed by atoms with Gasteiger partial charge >= 0.3 is 0 Å². The van der Waals surface area contributed by atoms with Crippen molar-refractivity contribution in [1.29, 1.82) is 0 Å². The maximum Gasteiger partial charge on any atom is 0.258 e. The Hall–Kier alpha value is -3.02. The molecule has 2 amide bonds. The van der Waals surface area contributed by atoms with E-state index in [1.54, 1.807) is 12.1 Å². The van der Waals surface area contributed by atoms with Crippen molar-refractivity contribution in [3.8, 4) is 5.75 Å².